The Balaban J connectivity index is 1.76. The molecule has 2 aromatic heterocycles. The molecule has 116 valence electrons. The number of amides is 1. The third kappa shape index (κ3) is 2.27. The second-order valence-electron chi connectivity index (χ2n) is 6.38. The molecule has 0 N–H and O–H groups in total. The van der Waals surface area contributed by atoms with Crippen LogP contribution < -0.4 is 0 Å². The lowest BCUT2D eigenvalue weighted by molar-refractivity contribution is -0.133. The van der Waals surface area contributed by atoms with Crippen LogP contribution in [0.5, 0.6) is 0 Å². The van der Waals surface area contributed by atoms with Gasteiger partial charge in [0, 0.05) is 25.7 Å². The zero-order valence-corrected chi connectivity index (χ0v) is 13.4. The number of fused-ring (bicyclic) bond motifs is 1. The number of carbonyl (C=O) groups excluding carboxylic acids is 2. The smallest absolute Gasteiger partial charge is 0.227 e. The molecule has 1 fully saturated rings. The molecule has 0 saturated heterocycles. The van der Waals surface area contributed by atoms with Gasteiger partial charge in [0.2, 0.25) is 5.91 Å². The summed E-state index contributed by atoms with van der Waals surface area (Å²) in [5, 5.41) is 4.46. The molecule has 0 spiro atoms. The molecule has 7 heteroatoms. The fourth-order valence-electron chi connectivity index (χ4n) is 3.03. The summed E-state index contributed by atoms with van der Waals surface area (Å²) >= 11 is 6.01. The molecule has 0 bridgehead atoms. The molecule has 2 atom stereocenters. The molecule has 0 radical (unpaired) electrons. The summed E-state index contributed by atoms with van der Waals surface area (Å²) in [6.45, 7) is 4.34. The van der Waals surface area contributed by atoms with E-state index in [1.807, 2.05) is 26.1 Å². The van der Waals surface area contributed by atoms with Crippen molar-refractivity contribution in [3.05, 3.63) is 29.3 Å². The molecule has 0 aliphatic heterocycles. The standard InChI is InChI=1S/C15H17ClN4O2/c1-15(2)10(7-21)12(15)14(22)19(3)5-9-4-11-13(16)17-8-18-20(11)6-9/h4,6-8,10,12H,5H2,1-3H3. The van der Waals surface area contributed by atoms with E-state index >= 15 is 0 Å². The van der Waals surface area contributed by atoms with E-state index < -0.39 is 0 Å². The zero-order chi connectivity index (χ0) is 16.1. The van der Waals surface area contributed by atoms with Gasteiger partial charge in [-0.05, 0) is 17.0 Å². The van der Waals surface area contributed by atoms with Gasteiger partial charge in [0.25, 0.3) is 0 Å². The lowest BCUT2D eigenvalue weighted by atomic mass is 10.1. The van der Waals surface area contributed by atoms with Crippen LogP contribution in [-0.4, -0.2) is 38.7 Å². The second kappa shape index (κ2) is 5.05. The molecule has 3 rings (SSSR count). The minimum atomic E-state index is -0.243. The van der Waals surface area contributed by atoms with E-state index in [2.05, 4.69) is 10.1 Å². The van der Waals surface area contributed by atoms with Crippen LogP contribution in [0.3, 0.4) is 0 Å². The van der Waals surface area contributed by atoms with Crippen LogP contribution in [0.2, 0.25) is 5.15 Å². The second-order valence-corrected chi connectivity index (χ2v) is 6.74. The molecule has 1 aliphatic rings. The van der Waals surface area contributed by atoms with E-state index in [4.69, 9.17) is 11.6 Å². The van der Waals surface area contributed by atoms with E-state index in [-0.39, 0.29) is 23.2 Å². The highest BCUT2D eigenvalue weighted by Gasteiger charge is 2.62. The van der Waals surface area contributed by atoms with Gasteiger partial charge in [-0.3, -0.25) is 4.79 Å². The van der Waals surface area contributed by atoms with Gasteiger partial charge in [-0.2, -0.15) is 5.10 Å². The Hall–Kier alpha value is -1.95. The number of halogens is 1. The fourth-order valence-corrected chi connectivity index (χ4v) is 3.22. The number of hydrogen-bond acceptors (Lipinski definition) is 4. The van der Waals surface area contributed by atoms with Crippen molar-refractivity contribution >= 4 is 29.3 Å². The Bertz CT molecular complexity index is 755. The molecule has 2 heterocycles. The molecule has 22 heavy (non-hydrogen) atoms. The normalized spacial score (nSPS) is 22.5. The first kappa shape index (κ1) is 15.0. The number of carbonyl (C=O) groups is 2. The van der Waals surface area contributed by atoms with Crippen LogP contribution in [0.4, 0.5) is 0 Å². The fraction of sp³-hybridized carbons (Fsp3) is 0.467. The molecule has 0 aromatic carbocycles. The quantitative estimate of drug-likeness (QED) is 0.806. The largest absolute Gasteiger partial charge is 0.341 e. The Morgan fingerprint density at radius 3 is 2.86 bits per heavy atom. The molecule has 2 unspecified atom stereocenters. The van der Waals surface area contributed by atoms with Crippen molar-refractivity contribution in [1.29, 1.82) is 0 Å². The molecule has 2 aromatic rings. The van der Waals surface area contributed by atoms with E-state index in [0.717, 1.165) is 11.8 Å². The van der Waals surface area contributed by atoms with Crippen LogP contribution in [0.1, 0.15) is 19.4 Å². The highest BCUT2D eigenvalue weighted by Crippen LogP contribution is 2.57. The summed E-state index contributed by atoms with van der Waals surface area (Å²) in [5.74, 6) is -0.416. The van der Waals surface area contributed by atoms with E-state index in [1.54, 1.807) is 16.5 Å². The number of rotatable bonds is 4. The van der Waals surface area contributed by atoms with Crippen molar-refractivity contribution in [3.63, 3.8) is 0 Å². The zero-order valence-electron chi connectivity index (χ0n) is 12.7. The third-order valence-electron chi connectivity index (χ3n) is 4.53. The number of aldehydes is 1. The number of aromatic nitrogens is 3. The summed E-state index contributed by atoms with van der Waals surface area (Å²) in [6, 6.07) is 1.86. The summed E-state index contributed by atoms with van der Waals surface area (Å²) in [4.78, 5) is 29.1. The maximum absolute atomic E-state index is 12.5. The lowest BCUT2D eigenvalue weighted by Gasteiger charge is -2.17. The summed E-state index contributed by atoms with van der Waals surface area (Å²) < 4.78 is 1.64. The monoisotopic (exact) mass is 320 g/mol. The van der Waals surface area contributed by atoms with Crippen molar-refractivity contribution in [2.24, 2.45) is 17.3 Å². The van der Waals surface area contributed by atoms with E-state index in [0.29, 0.717) is 17.2 Å². The maximum Gasteiger partial charge on any atom is 0.227 e. The maximum atomic E-state index is 12.5. The highest BCUT2D eigenvalue weighted by molar-refractivity contribution is 6.32. The van der Waals surface area contributed by atoms with Crippen LogP contribution in [0.15, 0.2) is 18.6 Å². The van der Waals surface area contributed by atoms with Crippen LogP contribution in [0, 0.1) is 17.3 Å². The third-order valence-corrected chi connectivity index (χ3v) is 4.83. The van der Waals surface area contributed by atoms with Gasteiger partial charge in [-0.1, -0.05) is 25.4 Å². The lowest BCUT2D eigenvalue weighted by Crippen LogP contribution is -2.29. The van der Waals surface area contributed by atoms with Gasteiger partial charge in [-0.25, -0.2) is 9.50 Å². The number of nitrogens with zero attached hydrogens (tertiary/aromatic N) is 4. The molecule has 1 saturated carbocycles. The Morgan fingerprint density at radius 1 is 1.55 bits per heavy atom. The van der Waals surface area contributed by atoms with Crippen LogP contribution in [0.25, 0.3) is 5.52 Å². The predicted molar refractivity (Wildman–Crippen MR) is 81.3 cm³/mol. The molecule has 6 nitrogen and oxygen atoms in total. The summed E-state index contributed by atoms with van der Waals surface area (Å²) in [5.41, 5.74) is 1.38. The van der Waals surface area contributed by atoms with Crippen molar-refractivity contribution in [2.45, 2.75) is 20.4 Å². The average Bonchev–Trinajstić information content (AvgIpc) is 2.80. The van der Waals surface area contributed by atoms with Crippen molar-refractivity contribution in [3.8, 4) is 0 Å². The first-order valence-corrected chi connectivity index (χ1v) is 7.42. The molecule has 1 amide bonds. The van der Waals surface area contributed by atoms with E-state index in [9.17, 15) is 9.59 Å². The van der Waals surface area contributed by atoms with Crippen molar-refractivity contribution < 1.29 is 9.59 Å². The van der Waals surface area contributed by atoms with Crippen LogP contribution >= 0.6 is 11.6 Å². The topological polar surface area (TPSA) is 67.6 Å². The predicted octanol–water partition coefficient (Wildman–Crippen LogP) is 1.81. The molecular formula is C15H17ClN4O2. The van der Waals surface area contributed by atoms with Gasteiger partial charge < -0.3 is 9.69 Å². The van der Waals surface area contributed by atoms with Crippen LogP contribution in [-0.2, 0) is 16.1 Å². The van der Waals surface area contributed by atoms with Gasteiger partial charge in [-0.15, -0.1) is 0 Å². The van der Waals surface area contributed by atoms with Gasteiger partial charge >= 0.3 is 0 Å². The van der Waals surface area contributed by atoms with Gasteiger partial charge in [0.15, 0.2) is 5.15 Å². The van der Waals surface area contributed by atoms with Gasteiger partial charge in [0.05, 0.1) is 5.92 Å². The molecular weight excluding hydrogens is 304 g/mol. The van der Waals surface area contributed by atoms with Gasteiger partial charge in [0.1, 0.15) is 18.1 Å². The first-order chi connectivity index (χ1) is 10.4. The summed E-state index contributed by atoms with van der Waals surface area (Å²) in [6.07, 6.45) is 4.09. The van der Waals surface area contributed by atoms with Crippen molar-refractivity contribution in [2.75, 3.05) is 7.05 Å². The summed E-state index contributed by atoms with van der Waals surface area (Å²) in [7, 11) is 1.74. The highest BCUT2D eigenvalue weighted by atomic mass is 35.5. The SMILES string of the molecule is CN(Cc1cc2c(Cl)ncnn2c1)C(=O)C1C(C=O)C1(C)C. The Kier molecular flexibility index (Phi) is 3.44. The molecule has 1 aliphatic carbocycles. The average molecular weight is 321 g/mol. The van der Waals surface area contributed by atoms with E-state index in [1.165, 1.54) is 6.33 Å². The Labute approximate surface area is 133 Å². The van der Waals surface area contributed by atoms with Crippen molar-refractivity contribution in [1.82, 2.24) is 19.5 Å². The minimum Gasteiger partial charge on any atom is -0.341 e. The number of hydrogen-bond donors (Lipinski definition) is 0. The minimum absolute atomic E-state index is 0.00506. The first-order valence-electron chi connectivity index (χ1n) is 7.04. The Morgan fingerprint density at radius 2 is 2.27 bits per heavy atom.